The van der Waals surface area contributed by atoms with Crippen LogP contribution in [0.3, 0.4) is 0 Å². The number of aromatic nitrogens is 1. The average Bonchev–Trinajstić information content (AvgIpc) is 2.60. The Morgan fingerprint density at radius 2 is 2.00 bits per heavy atom. The highest BCUT2D eigenvalue weighted by Gasteiger charge is 2.40. The summed E-state index contributed by atoms with van der Waals surface area (Å²) in [6, 6.07) is 8.55. The summed E-state index contributed by atoms with van der Waals surface area (Å²) in [5, 5.41) is 2.70. The first-order valence-corrected chi connectivity index (χ1v) is 7.82. The van der Waals surface area contributed by atoms with Crippen molar-refractivity contribution in [2.75, 3.05) is 19.0 Å². The molecule has 1 N–H and O–H groups in total. The summed E-state index contributed by atoms with van der Waals surface area (Å²) in [4.78, 5) is 30.2. The van der Waals surface area contributed by atoms with E-state index in [0.29, 0.717) is 11.4 Å². The van der Waals surface area contributed by atoms with Crippen LogP contribution in [0.15, 0.2) is 42.6 Å². The van der Waals surface area contributed by atoms with E-state index < -0.39 is 18.1 Å². The van der Waals surface area contributed by atoms with Crippen molar-refractivity contribution in [3.05, 3.63) is 59.5 Å². The third-order valence-corrected chi connectivity index (χ3v) is 4.12. The molecule has 1 aliphatic heterocycles. The molecule has 0 unspecified atom stereocenters. The summed E-state index contributed by atoms with van der Waals surface area (Å²) in [5.74, 6) is -0.646. The molecule has 1 aliphatic rings. The molecule has 1 fully saturated rings. The highest BCUT2D eigenvalue weighted by atomic mass is 19.1. The Bertz CT molecular complexity index is 777. The number of rotatable bonds is 3. The van der Waals surface area contributed by atoms with Crippen molar-refractivity contribution >= 4 is 17.6 Å². The van der Waals surface area contributed by atoms with E-state index in [4.69, 9.17) is 4.74 Å². The lowest BCUT2D eigenvalue weighted by Crippen LogP contribution is -2.51. The van der Waals surface area contributed by atoms with Gasteiger partial charge >= 0.3 is 0 Å². The topological polar surface area (TPSA) is 71.5 Å². The normalized spacial score (nSPS) is 20.4. The van der Waals surface area contributed by atoms with Crippen LogP contribution >= 0.6 is 0 Å². The molecule has 2 aromatic rings. The zero-order valence-electron chi connectivity index (χ0n) is 13.9. The molecular formula is C18H18FN3O3. The van der Waals surface area contributed by atoms with E-state index in [0.717, 1.165) is 5.56 Å². The first-order valence-electron chi connectivity index (χ1n) is 7.82. The molecule has 2 heterocycles. The van der Waals surface area contributed by atoms with E-state index in [1.54, 1.807) is 31.4 Å². The van der Waals surface area contributed by atoms with Gasteiger partial charge in [0.25, 0.3) is 5.91 Å². The fourth-order valence-electron chi connectivity index (χ4n) is 2.73. The largest absolute Gasteiger partial charge is 0.356 e. The summed E-state index contributed by atoms with van der Waals surface area (Å²) >= 11 is 0. The third kappa shape index (κ3) is 3.66. The molecular weight excluding hydrogens is 325 g/mol. The van der Waals surface area contributed by atoms with Crippen molar-refractivity contribution in [2.45, 2.75) is 19.1 Å². The molecule has 1 saturated heterocycles. The SMILES string of the molecule is Cc1ccc(NC(=O)[C@@H]2OCC(=O)N(C)[C@@H]2c2ccc(F)cc2)nc1. The highest BCUT2D eigenvalue weighted by molar-refractivity contribution is 5.95. The van der Waals surface area contributed by atoms with Crippen LogP contribution in [0.25, 0.3) is 0 Å². The summed E-state index contributed by atoms with van der Waals surface area (Å²) < 4.78 is 18.7. The standard InChI is InChI=1S/C18H18FN3O3/c1-11-3-8-14(20-9-11)21-18(24)17-16(22(2)15(23)10-25-17)12-4-6-13(19)7-5-12/h3-9,16-17H,10H2,1-2H3,(H,20,21,24)/t16-,17-/m1/s1. The van der Waals surface area contributed by atoms with Gasteiger partial charge in [0.1, 0.15) is 18.2 Å². The maximum Gasteiger partial charge on any atom is 0.257 e. The number of nitrogens with zero attached hydrogens (tertiary/aromatic N) is 2. The second-order valence-electron chi connectivity index (χ2n) is 5.94. The number of aryl methyl sites for hydroxylation is 1. The molecule has 130 valence electrons. The van der Waals surface area contributed by atoms with Crippen LogP contribution in [-0.4, -0.2) is 41.5 Å². The Morgan fingerprint density at radius 3 is 2.64 bits per heavy atom. The first-order chi connectivity index (χ1) is 12.0. The lowest BCUT2D eigenvalue weighted by atomic mass is 9.97. The van der Waals surface area contributed by atoms with Crippen LogP contribution in [0.2, 0.25) is 0 Å². The maximum atomic E-state index is 13.2. The number of carbonyl (C=O) groups is 2. The molecule has 2 atom stereocenters. The number of hydrogen-bond donors (Lipinski definition) is 1. The van der Waals surface area contributed by atoms with E-state index >= 15 is 0 Å². The minimum absolute atomic E-state index is 0.187. The van der Waals surface area contributed by atoms with Gasteiger partial charge in [0.2, 0.25) is 5.91 Å². The number of carbonyl (C=O) groups excluding carboxylic acids is 2. The number of hydrogen-bond acceptors (Lipinski definition) is 4. The molecule has 0 aliphatic carbocycles. The number of nitrogens with one attached hydrogen (secondary N) is 1. The Balaban J connectivity index is 1.85. The van der Waals surface area contributed by atoms with E-state index in [1.165, 1.54) is 17.0 Å². The minimum atomic E-state index is -0.920. The van der Waals surface area contributed by atoms with Crippen LogP contribution in [0.5, 0.6) is 0 Å². The Morgan fingerprint density at radius 1 is 1.28 bits per heavy atom. The monoisotopic (exact) mass is 343 g/mol. The van der Waals surface area contributed by atoms with Crippen LogP contribution in [0.1, 0.15) is 17.2 Å². The minimum Gasteiger partial charge on any atom is -0.356 e. The second kappa shape index (κ2) is 6.98. The Hall–Kier alpha value is -2.80. The van der Waals surface area contributed by atoms with Gasteiger partial charge in [-0.25, -0.2) is 9.37 Å². The Kier molecular flexibility index (Phi) is 4.76. The number of halogens is 1. The molecule has 3 rings (SSSR count). The van der Waals surface area contributed by atoms with Crippen LogP contribution in [0.4, 0.5) is 10.2 Å². The fraction of sp³-hybridized carbons (Fsp3) is 0.278. The smallest absolute Gasteiger partial charge is 0.257 e. The summed E-state index contributed by atoms with van der Waals surface area (Å²) in [6.45, 7) is 1.71. The molecule has 0 spiro atoms. The lowest BCUT2D eigenvalue weighted by Gasteiger charge is -2.38. The average molecular weight is 343 g/mol. The van der Waals surface area contributed by atoms with Gasteiger partial charge in [-0.2, -0.15) is 0 Å². The van der Waals surface area contributed by atoms with Gasteiger partial charge in [-0.05, 0) is 36.2 Å². The lowest BCUT2D eigenvalue weighted by molar-refractivity contribution is -0.160. The number of anilines is 1. The van der Waals surface area contributed by atoms with Crippen molar-refractivity contribution < 1.29 is 18.7 Å². The number of likely N-dealkylation sites (N-methyl/N-ethyl adjacent to an activating group) is 1. The van der Waals surface area contributed by atoms with Gasteiger partial charge < -0.3 is 15.0 Å². The van der Waals surface area contributed by atoms with Crippen LogP contribution < -0.4 is 5.32 Å². The summed E-state index contributed by atoms with van der Waals surface area (Å²) in [5.41, 5.74) is 1.59. The zero-order valence-corrected chi connectivity index (χ0v) is 13.9. The summed E-state index contributed by atoms with van der Waals surface area (Å²) in [7, 11) is 1.60. The quantitative estimate of drug-likeness (QED) is 0.926. The fourth-order valence-corrected chi connectivity index (χ4v) is 2.73. The molecule has 1 aromatic heterocycles. The number of pyridine rings is 1. The molecule has 0 bridgehead atoms. The van der Waals surface area contributed by atoms with Crippen molar-refractivity contribution in [3.8, 4) is 0 Å². The van der Waals surface area contributed by atoms with E-state index in [9.17, 15) is 14.0 Å². The molecule has 6 nitrogen and oxygen atoms in total. The van der Waals surface area contributed by atoms with E-state index in [1.807, 2.05) is 13.0 Å². The molecule has 0 saturated carbocycles. The van der Waals surface area contributed by atoms with Crippen LogP contribution in [-0.2, 0) is 14.3 Å². The van der Waals surface area contributed by atoms with Crippen LogP contribution in [0, 0.1) is 12.7 Å². The third-order valence-electron chi connectivity index (χ3n) is 4.12. The predicted octanol–water partition coefficient (Wildman–Crippen LogP) is 2.07. The predicted molar refractivity (Wildman–Crippen MR) is 89.3 cm³/mol. The van der Waals surface area contributed by atoms with Gasteiger partial charge in [0.15, 0.2) is 6.10 Å². The van der Waals surface area contributed by atoms with Gasteiger partial charge in [0, 0.05) is 13.2 Å². The van der Waals surface area contributed by atoms with Gasteiger partial charge in [0.05, 0.1) is 6.04 Å². The van der Waals surface area contributed by atoms with E-state index in [-0.39, 0.29) is 18.3 Å². The van der Waals surface area contributed by atoms with Crippen molar-refractivity contribution in [2.24, 2.45) is 0 Å². The van der Waals surface area contributed by atoms with Gasteiger partial charge in [-0.15, -0.1) is 0 Å². The molecule has 0 radical (unpaired) electrons. The number of benzene rings is 1. The van der Waals surface area contributed by atoms with Crippen molar-refractivity contribution in [1.82, 2.24) is 9.88 Å². The molecule has 25 heavy (non-hydrogen) atoms. The Labute approximate surface area is 144 Å². The first kappa shape index (κ1) is 17.0. The summed E-state index contributed by atoms with van der Waals surface area (Å²) in [6.07, 6.45) is 0.723. The van der Waals surface area contributed by atoms with E-state index in [2.05, 4.69) is 10.3 Å². The molecule has 1 aromatic carbocycles. The van der Waals surface area contributed by atoms with Gasteiger partial charge in [-0.3, -0.25) is 9.59 Å². The van der Waals surface area contributed by atoms with Gasteiger partial charge in [-0.1, -0.05) is 18.2 Å². The number of ether oxygens (including phenoxy) is 1. The molecule has 7 heteroatoms. The molecule has 2 amide bonds. The number of amides is 2. The number of morpholine rings is 1. The van der Waals surface area contributed by atoms with Crippen molar-refractivity contribution in [3.63, 3.8) is 0 Å². The second-order valence-corrected chi connectivity index (χ2v) is 5.94. The van der Waals surface area contributed by atoms with Crippen molar-refractivity contribution in [1.29, 1.82) is 0 Å². The maximum absolute atomic E-state index is 13.2. The highest BCUT2D eigenvalue weighted by Crippen LogP contribution is 2.30. The zero-order chi connectivity index (χ0) is 18.0.